The summed E-state index contributed by atoms with van der Waals surface area (Å²) in [6, 6.07) is 0. The molecule has 0 radical (unpaired) electrons. The fourth-order valence-corrected chi connectivity index (χ4v) is 17.0. The summed E-state index contributed by atoms with van der Waals surface area (Å²) in [5.41, 5.74) is 0. The summed E-state index contributed by atoms with van der Waals surface area (Å²) in [7, 11) is 2.34. The van der Waals surface area contributed by atoms with E-state index >= 15 is 0 Å². The van der Waals surface area contributed by atoms with E-state index < -0.39 is 26.4 Å². The summed E-state index contributed by atoms with van der Waals surface area (Å²) in [4.78, 5) is 2.45. The van der Waals surface area contributed by atoms with Crippen molar-refractivity contribution >= 4 is 26.4 Å². The zero-order valence-corrected chi connectivity index (χ0v) is 16.7. The maximum absolute atomic E-state index is 6.09. The van der Waals surface area contributed by atoms with Crippen LogP contribution in [0.3, 0.4) is 0 Å². The molecule has 5 heteroatoms. The Labute approximate surface area is 132 Å². The summed E-state index contributed by atoms with van der Waals surface area (Å²) in [6.07, 6.45) is 7.11. The molecule has 3 nitrogen and oxygen atoms in total. The van der Waals surface area contributed by atoms with Crippen molar-refractivity contribution in [2.75, 3.05) is 32.2 Å². The molecule has 0 aromatic carbocycles. The summed E-state index contributed by atoms with van der Waals surface area (Å²) >= 11 is -1.28. The van der Waals surface area contributed by atoms with Gasteiger partial charge in [-0.1, -0.05) is 0 Å². The summed E-state index contributed by atoms with van der Waals surface area (Å²) in [5, 5.41) is 0. The Hall–Kier alpha value is 0.960. The SMILES string of the molecule is COS(OC)(N1CCC2CCCCC2C1)I(C)C(C)C. The molecule has 0 aromatic heterocycles. The normalized spacial score (nSPS) is 30.2. The minimum absolute atomic E-state index is 0.734. The predicted molar refractivity (Wildman–Crippen MR) is 98.3 cm³/mol. The van der Waals surface area contributed by atoms with Crippen molar-refractivity contribution in [1.82, 2.24) is 4.31 Å². The topological polar surface area (TPSA) is 21.7 Å². The zero-order valence-electron chi connectivity index (χ0n) is 13.7. The van der Waals surface area contributed by atoms with Gasteiger partial charge in [0.15, 0.2) is 0 Å². The van der Waals surface area contributed by atoms with Gasteiger partial charge in [-0.05, 0) is 0 Å². The monoisotopic (exact) mass is 417 g/mol. The molecule has 1 saturated carbocycles. The van der Waals surface area contributed by atoms with E-state index in [-0.39, 0.29) is 0 Å². The van der Waals surface area contributed by atoms with Crippen LogP contribution in [0.2, 0.25) is 0 Å². The Morgan fingerprint density at radius 1 is 1.05 bits per heavy atom. The van der Waals surface area contributed by atoms with Crippen LogP contribution in [0.25, 0.3) is 0 Å². The first-order valence-corrected chi connectivity index (χ1v) is 15.2. The van der Waals surface area contributed by atoms with Crippen LogP contribution >= 0.6 is 26.4 Å². The quantitative estimate of drug-likeness (QED) is 0.474. The second-order valence-corrected chi connectivity index (χ2v) is 19.9. The van der Waals surface area contributed by atoms with E-state index in [0.29, 0.717) is 0 Å². The number of hydrogen-bond acceptors (Lipinski definition) is 3. The summed E-state index contributed by atoms with van der Waals surface area (Å²) in [5.74, 6) is 1.87. The fourth-order valence-electron chi connectivity index (χ4n) is 3.62. The first-order chi connectivity index (χ1) is 9.55. The first kappa shape index (κ1) is 17.3. The molecule has 20 heavy (non-hydrogen) atoms. The zero-order chi connectivity index (χ0) is 14.8. The third-order valence-corrected chi connectivity index (χ3v) is 22.3. The van der Waals surface area contributed by atoms with Gasteiger partial charge in [0, 0.05) is 0 Å². The molecule has 1 aliphatic heterocycles. The molecule has 122 valence electrons. The second-order valence-electron chi connectivity index (χ2n) is 6.20. The molecule has 0 amide bonds. The molecule has 2 atom stereocenters. The van der Waals surface area contributed by atoms with Crippen LogP contribution in [-0.2, 0) is 8.37 Å². The van der Waals surface area contributed by atoms with Crippen LogP contribution in [0, 0.1) is 11.8 Å². The van der Waals surface area contributed by atoms with Gasteiger partial charge in [0.2, 0.25) is 0 Å². The Kier molecular flexibility index (Phi) is 6.48. The van der Waals surface area contributed by atoms with E-state index in [1.54, 1.807) is 0 Å². The molecule has 0 spiro atoms. The van der Waals surface area contributed by atoms with Crippen LogP contribution in [-0.4, -0.2) is 40.5 Å². The maximum atomic E-state index is 6.09. The average molecular weight is 417 g/mol. The molecule has 0 N–H and O–H groups in total. The van der Waals surface area contributed by atoms with Gasteiger partial charge in [-0.15, -0.1) is 0 Å². The van der Waals surface area contributed by atoms with Crippen LogP contribution in [0.4, 0.5) is 0 Å². The molecule has 0 bridgehead atoms. The molecular formula is C15H32INO2S. The van der Waals surface area contributed by atoms with Crippen molar-refractivity contribution in [1.29, 1.82) is 0 Å². The first-order valence-electron chi connectivity index (χ1n) is 7.84. The number of alkyl halides is 2. The van der Waals surface area contributed by atoms with Crippen molar-refractivity contribution in [2.24, 2.45) is 11.8 Å². The van der Waals surface area contributed by atoms with Gasteiger partial charge in [0.1, 0.15) is 0 Å². The summed E-state index contributed by atoms with van der Waals surface area (Å²) < 4.78 is 15.5. The van der Waals surface area contributed by atoms with E-state index in [1.165, 1.54) is 45.2 Å². The number of rotatable bonds is 5. The molecular weight excluding hydrogens is 385 g/mol. The van der Waals surface area contributed by atoms with Crippen molar-refractivity contribution in [3.8, 4) is 0 Å². The molecule has 2 unspecified atom stereocenters. The van der Waals surface area contributed by atoms with E-state index in [0.717, 1.165) is 15.8 Å². The molecule has 0 aromatic rings. The van der Waals surface area contributed by atoms with E-state index in [4.69, 9.17) is 8.37 Å². The van der Waals surface area contributed by atoms with Gasteiger partial charge in [-0.25, -0.2) is 0 Å². The Morgan fingerprint density at radius 3 is 2.20 bits per heavy atom. The number of halogens is 1. The van der Waals surface area contributed by atoms with Crippen molar-refractivity contribution < 1.29 is 8.37 Å². The van der Waals surface area contributed by atoms with Crippen molar-refractivity contribution in [2.45, 2.75) is 49.9 Å². The van der Waals surface area contributed by atoms with Crippen LogP contribution < -0.4 is 0 Å². The molecule has 2 aliphatic rings. The predicted octanol–water partition coefficient (Wildman–Crippen LogP) is 4.80. The minimum atomic E-state index is -1.41. The number of fused-ring (bicyclic) bond motifs is 1. The third kappa shape index (κ3) is 3.31. The van der Waals surface area contributed by atoms with E-state index in [2.05, 4.69) is 23.1 Å². The van der Waals surface area contributed by atoms with Gasteiger partial charge >= 0.3 is 133 Å². The Bertz CT molecular complexity index is 312. The van der Waals surface area contributed by atoms with Gasteiger partial charge in [-0.2, -0.15) is 0 Å². The Morgan fingerprint density at radius 2 is 1.65 bits per heavy atom. The van der Waals surface area contributed by atoms with Crippen LogP contribution in [0.5, 0.6) is 0 Å². The molecule has 2 rings (SSSR count). The van der Waals surface area contributed by atoms with E-state index in [1.807, 2.05) is 14.2 Å². The van der Waals surface area contributed by atoms with Gasteiger partial charge < -0.3 is 0 Å². The number of nitrogens with zero attached hydrogens (tertiary/aromatic N) is 1. The van der Waals surface area contributed by atoms with Gasteiger partial charge in [-0.3, -0.25) is 0 Å². The van der Waals surface area contributed by atoms with Gasteiger partial charge in [0.25, 0.3) is 0 Å². The Balaban J connectivity index is 2.13. The van der Waals surface area contributed by atoms with Crippen molar-refractivity contribution in [3.05, 3.63) is 0 Å². The van der Waals surface area contributed by atoms with Crippen LogP contribution in [0.1, 0.15) is 46.0 Å². The molecule has 1 aliphatic carbocycles. The number of piperidine rings is 1. The number of hydrogen-bond donors (Lipinski definition) is 0. The van der Waals surface area contributed by atoms with E-state index in [9.17, 15) is 0 Å². The standard InChI is InChI=1S/C15H32INO2S/c1-13(2)16(3)20(18-4,19-5)17-11-10-14-8-6-7-9-15(14)12-17/h13-15H,6-12H2,1-5H3. The molecule has 1 saturated heterocycles. The second kappa shape index (κ2) is 7.49. The molecule has 2 fully saturated rings. The van der Waals surface area contributed by atoms with Gasteiger partial charge in [0.05, 0.1) is 0 Å². The van der Waals surface area contributed by atoms with Crippen molar-refractivity contribution in [3.63, 3.8) is 0 Å². The average Bonchev–Trinajstić information content (AvgIpc) is 2.48. The fraction of sp³-hybridized carbons (Fsp3) is 1.00. The molecule has 1 heterocycles. The third-order valence-electron chi connectivity index (χ3n) is 4.90. The summed E-state index contributed by atoms with van der Waals surface area (Å²) in [6.45, 7) is 7.10. The van der Waals surface area contributed by atoms with Crippen LogP contribution in [0.15, 0.2) is 0 Å².